The van der Waals surface area contributed by atoms with E-state index in [1.807, 2.05) is 36.4 Å². The SMILES string of the molecule is CC1(C)CN(Cc2cc(-c3ccccc3)on2)CCC1N. The molecule has 2 aromatic rings. The Morgan fingerprint density at radius 1 is 1.33 bits per heavy atom. The lowest BCUT2D eigenvalue weighted by Gasteiger charge is -2.42. The van der Waals surface area contributed by atoms with Crippen LogP contribution < -0.4 is 5.73 Å². The molecule has 4 heteroatoms. The summed E-state index contributed by atoms with van der Waals surface area (Å²) in [5.74, 6) is 0.832. The number of likely N-dealkylation sites (tertiary alicyclic amines) is 1. The Morgan fingerprint density at radius 2 is 2.10 bits per heavy atom. The van der Waals surface area contributed by atoms with Gasteiger partial charge in [-0.1, -0.05) is 49.3 Å². The Hall–Kier alpha value is -1.65. The summed E-state index contributed by atoms with van der Waals surface area (Å²) >= 11 is 0. The molecular weight excluding hydrogens is 262 g/mol. The minimum atomic E-state index is 0.157. The predicted molar refractivity (Wildman–Crippen MR) is 83.6 cm³/mol. The molecule has 0 radical (unpaired) electrons. The highest BCUT2D eigenvalue weighted by molar-refractivity contribution is 5.56. The third kappa shape index (κ3) is 3.17. The molecule has 0 bridgehead atoms. The zero-order valence-electron chi connectivity index (χ0n) is 12.7. The monoisotopic (exact) mass is 285 g/mol. The van der Waals surface area contributed by atoms with Crippen LogP contribution >= 0.6 is 0 Å². The van der Waals surface area contributed by atoms with Crippen molar-refractivity contribution in [2.75, 3.05) is 13.1 Å². The number of benzene rings is 1. The van der Waals surface area contributed by atoms with Crippen LogP contribution in [-0.2, 0) is 6.54 Å². The largest absolute Gasteiger partial charge is 0.356 e. The summed E-state index contributed by atoms with van der Waals surface area (Å²) in [5.41, 5.74) is 8.40. The van der Waals surface area contributed by atoms with Crippen molar-refractivity contribution in [2.24, 2.45) is 11.1 Å². The number of nitrogens with zero attached hydrogens (tertiary/aromatic N) is 2. The van der Waals surface area contributed by atoms with Gasteiger partial charge in [-0.25, -0.2) is 0 Å². The van der Waals surface area contributed by atoms with E-state index in [-0.39, 0.29) is 11.5 Å². The minimum absolute atomic E-state index is 0.157. The smallest absolute Gasteiger partial charge is 0.167 e. The molecule has 1 fully saturated rings. The van der Waals surface area contributed by atoms with E-state index >= 15 is 0 Å². The van der Waals surface area contributed by atoms with Gasteiger partial charge in [-0.15, -0.1) is 0 Å². The topological polar surface area (TPSA) is 55.3 Å². The number of rotatable bonds is 3. The second-order valence-electron chi connectivity index (χ2n) is 6.64. The number of hydrogen-bond acceptors (Lipinski definition) is 4. The van der Waals surface area contributed by atoms with Crippen molar-refractivity contribution < 1.29 is 4.52 Å². The highest BCUT2D eigenvalue weighted by atomic mass is 16.5. The number of aromatic nitrogens is 1. The molecule has 0 amide bonds. The molecule has 0 aliphatic carbocycles. The molecule has 1 aliphatic rings. The lowest BCUT2D eigenvalue weighted by atomic mass is 9.80. The van der Waals surface area contributed by atoms with Gasteiger partial charge in [-0.3, -0.25) is 4.90 Å². The Labute approximate surface area is 125 Å². The average molecular weight is 285 g/mol. The number of piperidine rings is 1. The zero-order valence-corrected chi connectivity index (χ0v) is 12.7. The third-order valence-corrected chi connectivity index (χ3v) is 4.39. The molecule has 3 rings (SSSR count). The Balaban J connectivity index is 1.68. The van der Waals surface area contributed by atoms with Gasteiger partial charge in [-0.2, -0.15) is 0 Å². The first-order valence-electron chi connectivity index (χ1n) is 7.53. The van der Waals surface area contributed by atoms with E-state index in [0.29, 0.717) is 0 Å². The van der Waals surface area contributed by atoms with Crippen LogP contribution in [-0.4, -0.2) is 29.2 Å². The predicted octanol–water partition coefficient (Wildman–Crippen LogP) is 2.90. The summed E-state index contributed by atoms with van der Waals surface area (Å²) in [4.78, 5) is 2.41. The molecule has 1 aliphatic heterocycles. The lowest BCUT2D eigenvalue weighted by Crippen LogP contribution is -2.52. The molecule has 1 aromatic carbocycles. The molecule has 21 heavy (non-hydrogen) atoms. The van der Waals surface area contributed by atoms with Crippen molar-refractivity contribution in [3.05, 3.63) is 42.1 Å². The maximum atomic E-state index is 6.19. The molecule has 0 spiro atoms. The fourth-order valence-electron chi connectivity index (χ4n) is 2.97. The van der Waals surface area contributed by atoms with Gasteiger partial charge in [0.15, 0.2) is 5.76 Å². The quantitative estimate of drug-likeness (QED) is 0.942. The molecular formula is C17H23N3O. The lowest BCUT2D eigenvalue weighted by molar-refractivity contribution is 0.0881. The Bertz CT molecular complexity index is 591. The standard InChI is InChI=1S/C17H23N3O/c1-17(2)12-20(9-8-16(17)18)11-14-10-15(21-19-14)13-6-4-3-5-7-13/h3-7,10,16H,8-9,11-12,18H2,1-2H3. The highest BCUT2D eigenvalue weighted by Gasteiger charge is 2.33. The van der Waals surface area contributed by atoms with Gasteiger partial charge in [-0.05, 0) is 11.8 Å². The molecule has 2 N–H and O–H groups in total. The summed E-state index contributed by atoms with van der Waals surface area (Å²) in [6, 6.07) is 12.4. The summed E-state index contributed by atoms with van der Waals surface area (Å²) < 4.78 is 5.46. The number of hydrogen-bond donors (Lipinski definition) is 1. The van der Waals surface area contributed by atoms with Crippen LogP contribution in [0.5, 0.6) is 0 Å². The van der Waals surface area contributed by atoms with Gasteiger partial charge < -0.3 is 10.3 Å². The molecule has 112 valence electrons. The van der Waals surface area contributed by atoms with Crippen molar-refractivity contribution in [1.29, 1.82) is 0 Å². The summed E-state index contributed by atoms with van der Waals surface area (Å²) in [7, 11) is 0. The first kappa shape index (κ1) is 14.3. The fourth-order valence-corrected chi connectivity index (χ4v) is 2.97. The summed E-state index contributed by atoms with van der Waals surface area (Å²) in [5, 5.41) is 4.21. The van der Waals surface area contributed by atoms with Crippen LogP contribution in [0.3, 0.4) is 0 Å². The van der Waals surface area contributed by atoms with E-state index in [1.165, 1.54) is 0 Å². The first-order valence-corrected chi connectivity index (χ1v) is 7.53. The van der Waals surface area contributed by atoms with E-state index in [1.54, 1.807) is 0 Å². The van der Waals surface area contributed by atoms with Gasteiger partial charge >= 0.3 is 0 Å². The maximum absolute atomic E-state index is 6.19. The van der Waals surface area contributed by atoms with E-state index < -0.39 is 0 Å². The Morgan fingerprint density at radius 3 is 2.81 bits per heavy atom. The Kier molecular flexibility index (Phi) is 3.83. The van der Waals surface area contributed by atoms with Crippen molar-refractivity contribution in [1.82, 2.24) is 10.1 Å². The number of nitrogens with two attached hydrogens (primary N) is 1. The van der Waals surface area contributed by atoms with Crippen LogP contribution in [0.2, 0.25) is 0 Å². The molecule has 1 aromatic heterocycles. The van der Waals surface area contributed by atoms with Gasteiger partial charge in [0.25, 0.3) is 0 Å². The molecule has 1 unspecified atom stereocenters. The van der Waals surface area contributed by atoms with Crippen LogP contribution in [0.1, 0.15) is 26.0 Å². The van der Waals surface area contributed by atoms with Gasteiger partial charge in [0, 0.05) is 37.3 Å². The van der Waals surface area contributed by atoms with Crippen LogP contribution in [0, 0.1) is 5.41 Å². The van der Waals surface area contributed by atoms with Gasteiger partial charge in [0.2, 0.25) is 0 Å². The van der Waals surface area contributed by atoms with Crippen LogP contribution in [0.4, 0.5) is 0 Å². The van der Waals surface area contributed by atoms with Gasteiger partial charge in [0.05, 0.1) is 5.69 Å². The average Bonchev–Trinajstić information content (AvgIpc) is 2.92. The van der Waals surface area contributed by atoms with E-state index in [4.69, 9.17) is 10.3 Å². The summed E-state index contributed by atoms with van der Waals surface area (Å²) in [6.45, 7) is 7.33. The molecule has 4 nitrogen and oxygen atoms in total. The van der Waals surface area contributed by atoms with Crippen molar-refractivity contribution in [2.45, 2.75) is 32.9 Å². The van der Waals surface area contributed by atoms with E-state index in [0.717, 1.165) is 43.1 Å². The van der Waals surface area contributed by atoms with Crippen LogP contribution in [0.25, 0.3) is 11.3 Å². The maximum Gasteiger partial charge on any atom is 0.167 e. The van der Waals surface area contributed by atoms with Crippen molar-refractivity contribution in [3.8, 4) is 11.3 Å². The first-order chi connectivity index (χ1) is 10.0. The van der Waals surface area contributed by atoms with E-state index in [2.05, 4.69) is 23.9 Å². The van der Waals surface area contributed by atoms with Crippen LogP contribution in [0.15, 0.2) is 40.9 Å². The molecule has 0 saturated carbocycles. The van der Waals surface area contributed by atoms with Crippen molar-refractivity contribution >= 4 is 0 Å². The fraction of sp³-hybridized carbons (Fsp3) is 0.471. The minimum Gasteiger partial charge on any atom is -0.356 e. The summed E-state index contributed by atoms with van der Waals surface area (Å²) in [6.07, 6.45) is 1.04. The molecule has 1 atom stereocenters. The van der Waals surface area contributed by atoms with Gasteiger partial charge in [0.1, 0.15) is 0 Å². The highest BCUT2D eigenvalue weighted by Crippen LogP contribution is 2.29. The van der Waals surface area contributed by atoms with E-state index in [9.17, 15) is 0 Å². The second kappa shape index (κ2) is 5.62. The second-order valence-corrected chi connectivity index (χ2v) is 6.64. The van der Waals surface area contributed by atoms with Crippen molar-refractivity contribution in [3.63, 3.8) is 0 Å². The third-order valence-electron chi connectivity index (χ3n) is 4.39. The molecule has 1 saturated heterocycles. The normalized spacial score (nSPS) is 22.3. The zero-order chi connectivity index (χ0) is 14.9. The molecule has 2 heterocycles.